The first kappa shape index (κ1) is 13.6. The molecule has 0 unspecified atom stereocenters. The zero-order chi connectivity index (χ0) is 14.8. The van der Waals surface area contributed by atoms with Crippen LogP contribution >= 0.6 is 12.2 Å². The Kier molecular flexibility index (Phi) is 3.58. The van der Waals surface area contributed by atoms with Gasteiger partial charge in [-0.25, -0.2) is 4.98 Å². The van der Waals surface area contributed by atoms with Crippen molar-refractivity contribution in [2.24, 2.45) is 5.73 Å². The highest BCUT2D eigenvalue weighted by molar-refractivity contribution is 7.80. The molecule has 2 heterocycles. The third-order valence-electron chi connectivity index (χ3n) is 3.33. The monoisotopic (exact) mass is 297 g/mol. The highest BCUT2D eigenvalue weighted by atomic mass is 32.1. The van der Waals surface area contributed by atoms with Crippen LogP contribution in [0.2, 0.25) is 0 Å². The van der Waals surface area contributed by atoms with E-state index in [0.717, 1.165) is 27.8 Å². The van der Waals surface area contributed by atoms with Crippen molar-refractivity contribution in [3.63, 3.8) is 0 Å². The van der Waals surface area contributed by atoms with Gasteiger partial charge in [0, 0.05) is 24.5 Å². The van der Waals surface area contributed by atoms with Gasteiger partial charge >= 0.3 is 0 Å². The maximum atomic E-state index is 5.86. The van der Waals surface area contributed by atoms with E-state index in [2.05, 4.69) is 0 Å². The normalized spacial score (nSPS) is 10.7. The van der Waals surface area contributed by atoms with Crippen molar-refractivity contribution in [3.05, 3.63) is 60.1 Å². The van der Waals surface area contributed by atoms with E-state index in [9.17, 15) is 0 Å². The summed E-state index contributed by atoms with van der Waals surface area (Å²) < 4.78 is 5.10. The van der Waals surface area contributed by atoms with Crippen LogP contribution in [0.5, 0.6) is 0 Å². The Morgan fingerprint density at radius 2 is 2.14 bits per heavy atom. The summed E-state index contributed by atoms with van der Waals surface area (Å²) in [5, 5.41) is 1.03. The summed E-state index contributed by atoms with van der Waals surface area (Å²) in [5.41, 5.74) is 8.64. The van der Waals surface area contributed by atoms with Gasteiger partial charge in [-0.1, -0.05) is 30.4 Å². The number of fused-ring (bicyclic) bond motifs is 1. The second-order valence-electron chi connectivity index (χ2n) is 4.90. The van der Waals surface area contributed by atoms with E-state index >= 15 is 0 Å². The zero-order valence-electron chi connectivity index (χ0n) is 11.6. The molecule has 0 radical (unpaired) electrons. The first-order chi connectivity index (χ1) is 10.1. The van der Waals surface area contributed by atoms with Crippen LogP contribution in [0, 0.1) is 0 Å². The number of para-hydroxylation sites is 1. The lowest BCUT2D eigenvalue weighted by atomic mass is 10.1. The molecule has 0 fully saturated rings. The van der Waals surface area contributed by atoms with Crippen molar-refractivity contribution < 1.29 is 4.42 Å². The molecule has 0 saturated heterocycles. The molecular weight excluding hydrogens is 282 g/mol. The third kappa shape index (κ3) is 2.73. The van der Waals surface area contributed by atoms with Crippen molar-refractivity contribution in [2.75, 3.05) is 11.9 Å². The predicted molar refractivity (Wildman–Crippen MR) is 88.4 cm³/mol. The number of benzene rings is 1. The SMILES string of the molecule is CN(Cc1ccoc1)c1nc2ccccc2cc1C(N)=S. The Labute approximate surface area is 128 Å². The van der Waals surface area contributed by atoms with Crippen LogP contribution in [0.1, 0.15) is 11.1 Å². The number of aromatic nitrogens is 1. The van der Waals surface area contributed by atoms with Gasteiger partial charge < -0.3 is 15.1 Å². The molecule has 3 aromatic rings. The molecule has 3 rings (SSSR count). The van der Waals surface area contributed by atoms with Crippen molar-refractivity contribution in [1.82, 2.24) is 4.98 Å². The lowest BCUT2D eigenvalue weighted by Crippen LogP contribution is -2.22. The van der Waals surface area contributed by atoms with Gasteiger partial charge in [0.2, 0.25) is 0 Å². The molecule has 0 amide bonds. The summed E-state index contributed by atoms with van der Waals surface area (Å²) in [5.74, 6) is 0.780. The predicted octanol–water partition coefficient (Wildman–Crippen LogP) is 3.10. The summed E-state index contributed by atoms with van der Waals surface area (Å²) in [6.07, 6.45) is 3.38. The molecule has 5 heteroatoms. The van der Waals surface area contributed by atoms with Gasteiger partial charge in [0.05, 0.1) is 23.6 Å². The standard InChI is InChI=1S/C16H15N3OS/c1-19(9-11-6-7-20-10-11)16-13(15(17)21)8-12-4-2-3-5-14(12)18-16/h2-8,10H,9H2,1H3,(H2,17,21). The molecule has 0 atom stereocenters. The molecule has 21 heavy (non-hydrogen) atoms. The third-order valence-corrected chi connectivity index (χ3v) is 3.55. The van der Waals surface area contributed by atoms with Gasteiger partial charge in [-0.05, 0) is 18.2 Å². The van der Waals surface area contributed by atoms with Gasteiger partial charge in [-0.3, -0.25) is 0 Å². The van der Waals surface area contributed by atoms with E-state index in [4.69, 9.17) is 27.4 Å². The van der Waals surface area contributed by atoms with Gasteiger partial charge in [-0.15, -0.1) is 0 Å². The van der Waals surface area contributed by atoms with Crippen LogP contribution in [0.4, 0.5) is 5.82 Å². The van der Waals surface area contributed by atoms with E-state index in [0.29, 0.717) is 11.5 Å². The van der Waals surface area contributed by atoms with E-state index < -0.39 is 0 Å². The molecule has 0 bridgehead atoms. The Morgan fingerprint density at radius 3 is 2.86 bits per heavy atom. The molecule has 0 aliphatic heterocycles. The van der Waals surface area contributed by atoms with E-state index in [1.54, 1.807) is 12.5 Å². The molecule has 2 aromatic heterocycles. The second-order valence-corrected chi connectivity index (χ2v) is 5.34. The fourth-order valence-corrected chi connectivity index (χ4v) is 2.46. The molecule has 2 N–H and O–H groups in total. The molecular formula is C16H15N3OS. The lowest BCUT2D eigenvalue weighted by Gasteiger charge is -2.21. The summed E-state index contributed by atoms with van der Waals surface area (Å²) >= 11 is 5.17. The molecule has 0 aliphatic rings. The summed E-state index contributed by atoms with van der Waals surface area (Å²) in [6.45, 7) is 0.678. The average Bonchev–Trinajstić information content (AvgIpc) is 2.98. The van der Waals surface area contributed by atoms with Gasteiger partial charge in [-0.2, -0.15) is 0 Å². The summed E-state index contributed by atoms with van der Waals surface area (Å²) in [4.78, 5) is 7.07. The number of pyridine rings is 1. The van der Waals surface area contributed by atoms with Gasteiger partial charge in [0.25, 0.3) is 0 Å². The van der Waals surface area contributed by atoms with E-state index in [1.165, 1.54) is 0 Å². The van der Waals surface area contributed by atoms with Crippen LogP contribution in [-0.4, -0.2) is 17.0 Å². The van der Waals surface area contributed by atoms with Crippen molar-refractivity contribution >= 4 is 33.9 Å². The number of hydrogen-bond acceptors (Lipinski definition) is 4. The molecule has 0 aliphatic carbocycles. The molecule has 0 spiro atoms. The molecule has 0 saturated carbocycles. The summed E-state index contributed by atoms with van der Waals surface area (Å²) in [6, 6.07) is 11.8. The Morgan fingerprint density at radius 1 is 1.33 bits per heavy atom. The number of nitrogens with two attached hydrogens (primary N) is 1. The Balaban J connectivity index is 2.06. The second kappa shape index (κ2) is 5.54. The minimum atomic E-state index is 0.349. The van der Waals surface area contributed by atoms with Crippen molar-refractivity contribution in [2.45, 2.75) is 6.54 Å². The fourth-order valence-electron chi connectivity index (χ4n) is 2.31. The number of thiocarbonyl (C=S) groups is 1. The number of hydrogen-bond donors (Lipinski definition) is 1. The van der Waals surface area contributed by atoms with Gasteiger partial charge in [0.15, 0.2) is 0 Å². The minimum Gasteiger partial charge on any atom is -0.472 e. The van der Waals surface area contributed by atoms with Crippen LogP contribution in [0.3, 0.4) is 0 Å². The molecule has 106 valence electrons. The molecule has 4 nitrogen and oxygen atoms in total. The van der Waals surface area contributed by atoms with E-state index in [-0.39, 0.29) is 0 Å². The quantitative estimate of drug-likeness (QED) is 0.750. The first-order valence-corrected chi connectivity index (χ1v) is 6.98. The smallest absolute Gasteiger partial charge is 0.139 e. The lowest BCUT2D eigenvalue weighted by molar-refractivity contribution is 0.563. The van der Waals surface area contributed by atoms with Crippen LogP contribution < -0.4 is 10.6 Å². The topological polar surface area (TPSA) is 55.3 Å². The number of anilines is 1. The van der Waals surface area contributed by atoms with Crippen molar-refractivity contribution in [3.8, 4) is 0 Å². The average molecular weight is 297 g/mol. The maximum Gasteiger partial charge on any atom is 0.139 e. The highest BCUT2D eigenvalue weighted by Crippen LogP contribution is 2.24. The first-order valence-electron chi connectivity index (χ1n) is 6.57. The van der Waals surface area contributed by atoms with E-state index in [1.807, 2.05) is 48.3 Å². The van der Waals surface area contributed by atoms with Crippen LogP contribution in [-0.2, 0) is 6.54 Å². The number of rotatable bonds is 4. The van der Waals surface area contributed by atoms with Crippen LogP contribution in [0.25, 0.3) is 10.9 Å². The maximum absolute atomic E-state index is 5.86. The highest BCUT2D eigenvalue weighted by Gasteiger charge is 2.14. The van der Waals surface area contributed by atoms with Crippen molar-refractivity contribution in [1.29, 1.82) is 0 Å². The Hall–Kier alpha value is -2.40. The van der Waals surface area contributed by atoms with Gasteiger partial charge in [0.1, 0.15) is 10.8 Å². The number of nitrogens with zero attached hydrogens (tertiary/aromatic N) is 2. The largest absolute Gasteiger partial charge is 0.472 e. The number of furan rings is 1. The fraction of sp³-hybridized carbons (Fsp3) is 0.125. The molecule has 1 aromatic carbocycles. The Bertz CT molecular complexity index is 783. The van der Waals surface area contributed by atoms with Crippen LogP contribution in [0.15, 0.2) is 53.3 Å². The zero-order valence-corrected chi connectivity index (χ0v) is 12.4. The summed E-state index contributed by atoms with van der Waals surface area (Å²) in [7, 11) is 1.96. The minimum absolute atomic E-state index is 0.349.